The fraction of sp³-hybridized carbons (Fsp3) is 0.219. The Morgan fingerprint density at radius 1 is 0.464 bits per heavy atom. The number of aromatic nitrogens is 4. The number of imidazole rings is 1. The van der Waals surface area contributed by atoms with Crippen molar-refractivity contribution in [3.8, 4) is 39.8 Å². The van der Waals surface area contributed by atoms with Gasteiger partial charge in [0, 0.05) is 40.1 Å². The molecule has 5 nitrogen and oxygen atoms in total. The van der Waals surface area contributed by atoms with E-state index in [1.807, 2.05) is 6.20 Å². The third-order valence-corrected chi connectivity index (χ3v) is 14.1. The predicted octanol–water partition coefficient (Wildman–Crippen LogP) is 15.8. The molecule has 344 valence electrons. The molecule has 0 fully saturated rings. The van der Waals surface area contributed by atoms with E-state index < -0.39 is 0 Å². The molecule has 3 aromatic heterocycles. The van der Waals surface area contributed by atoms with Crippen molar-refractivity contribution in [3.05, 3.63) is 234 Å². The number of rotatable bonds is 10. The minimum Gasteiger partial charge on any atom is -0.458 e. The van der Waals surface area contributed by atoms with Gasteiger partial charge in [0.05, 0.1) is 28.1 Å². The smallest absolute Gasteiger partial charge is 0.269 e. The van der Waals surface area contributed by atoms with Crippen molar-refractivity contribution in [2.24, 2.45) is 0 Å². The van der Waals surface area contributed by atoms with Crippen molar-refractivity contribution in [1.82, 2.24) is 14.1 Å². The summed E-state index contributed by atoms with van der Waals surface area (Å²) >= 11 is 0. The lowest BCUT2D eigenvalue weighted by Gasteiger charge is -2.30. The van der Waals surface area contributed by atoms with Crippen LogP contribution in [0.15, 0.2) is 194 Å². The van der Waals surface area contributed by atoms with Crippen molar-refractivity contribution in [1.29, 1.82) is 0 Å². The van der Waals surface area contributed by atoms with Gasteiger partial charge in [0.15, 0.2) is 0 Å². The molecule has 0 aliphatic heterocycles. The van der Waals surface area contributed by atoms with Gasteiger partial charge in [0.1, 0.15) is 17.3 Å². The van der Waals surface area contributed by atoms with E-state index in [2.05, 4.69) is 277 Å². The van der Waals surface area contributed by atoms with Gasteiger partial charge in [0.25, 0.3) is 6.33 Å². The summed E-state index contributed by atoms with van der Waals surface area (Å²) in [6.07, 6.45) is 8.04. The molecule has 0 atom stereocenters. The summed E-state index contributed by atoms with van der Waals surface area (Å²) in [6.45, 7) is 22.9. The van der Waals surface area contributed by atoms with Gasteiger partial charge in [-0.3, -0.25) is 13.7 Å². The second-order valence-corrected chi connectivity index (χ2v) is 21.7. The monoisotopic (exact) mass is 902 g/mol. The molecule has 0 bridgehead atoms. The van der Waals surface area contributed by atoms with Crippen molar-refractivity contribution < 1.29 is 9.30 Å². The fourth-order valence-corrected chi connectivity index (χ4v) is 9.71. The second kappa shape index (κ2) is 17.2. The number of fused-ring (bicyclic) bond motifs is 3. The van der Waals surface area contributed by atoms with Crippen molar-refractivity contribution >= 4 is 21.8 Å². The molecular formula is C64H62N4O. The minimum absolute atomic E-state index is 0.0685. The largest absolute Gasteiger partial charge is 0.458 e. The number of hydrogen-bond acceptors (Lipinski definition) is 2. The molecule has 10 rings (SSSR count). The second-order valence-electron chi connectivity index (χ2n) is 21.7. The van der Waals surface area contributed by atoms with Crippen LogP contribution in [0.3, 0.4) is 0 Å². The van der Waals surface area contributed by atoms with E-state index in [0.29, 0.717) is 0 Å². The Balaban J connectivity index is 1.10. The van der Waals surface area contributed by atoms with Crippen LogP contribution < -0.4 is 9.30 Å². The van der Waals surface area contributed by atoms with Crippen LogP contribution in [-0.4, -0.2) is 14.1 Å². The molecule has 0 amide bonds. The summed E-state index contributed by atoms with van der Waals surface area (Å²) in [5, 5.41) is 2.30. The van der Waals surface area contributed by atoms with Crippen LogP contribution in [0, 0.1) is 6.33 Å². The standard InChI is InChI=1S/C64H62N4O/c1-61(2,3)49-36-50(64(9,10)47-26-18-13-19-27-47)38-51(37-49)66-42-59(62(4,5)6)67(43-66)52-34-45(44-22-14-11-15-23-44)35-54(40-52)69-53-30-31-56-55-28-20-21-29-57(55)68(58(56)41-53)60-39-48(32-33-65-60)63(7,8)46-24-16-12-17-25-46/h11-42H,1-10H3. The van der Waals surface area contributed by atoms with Gasteiger partial charge < -0.3 is 4.74 Å². The van der Waals surface area contributed by atoms with Gasteiger partial charge in [-0.25, -0.2) is 4.98 Å². The summed E-state index contributed by atoms with van der Waals surface area (Å²) in [5.74, 6) is 2.33. The summed E-state index contributed by atoms with van der Waals surface area (Å²) in [6, 6.07) is 65.1. The maximum Gasteiger partial charge on any atom is 0.269 e. The van der Waals surface area contributed by atoms with E-state index in [-0.39, 0.29) is 21.7 Å². The van der Waals surface area contributed by atoms with E-state index in [0.717, 1.165) is 67.3 Å². The molecule has 0 radical (unpaired) electrons. The maximum absolute atomic E-state index is 7.03. The third kappa shape index (κ3) is 8.67. The molecule has 3 heterocycles. The highest BCUT2D eigenvalue weighted by atomic mass is 16.5. The highest BCUT2D eigenvalue weighted by Gasteiger charge is 2.29. The fourth-order valence-electron chi connectivity index (χ4n) is 9.71. The van der Waals surface area contributed by atoms with E-state index in [4.69, 9.17) is 9.72 Å². The molecule has 69 heavy (non-hydrogen) atoms. The third-order valence-electron chi connectivity index (χ3n) is 14.1. The normalized spacial score (nSPS) is 12.5. The molecular weight excluding hydrogens is 841 g/mol. The van der Waals surface area contributed by atoms with Crippen molar-refractivity contribution in [2.45, 2.75) is 90.9 Å². The van der Waals surface area contributed by atoms with E-state index in [9.17, 15) is 0 Å². The molecule has 0 aliphatic rings. The molecule has 0 saturated heterocycles. The number of benzene rings is 7. The zero-order valence-electron chi connectivity index (χ0n) is 41.7. The Bertz CT molecular complexity index is 3470. The molecule has 0 saturated carbocycles. The quantitative estimate of drug-likeness (QED) is 0.101. The first-order valence-corrected chi connectivity index (χ1v) is 24.2. The Labute approximate surface area is 408 Å². The van der Waals surface area contributed by atoms with Gasteiger partial charge in [-0.15, -0.1) is 0 Å². The highest BCUT2D eigenvalue weighted by Crippen LogP contribution is 2.40. The molecule has 0 unspecified atom stereocenters. The minimum atomic E-state index is -0.227. The molecule has 0 spiro atoms. The van der Waals surface area contributed by atoms with Gasteiger partial charge in [-0.1, -0.05) is 184 Å². The number of ether oxygens (including phenoxy) is 1. The van der Waals surface area contributed by atoms with Crippen LogP contribution in [-0.2, 0) is 21.7 Å². The van der Waals surface area contributed by atoms with E-state index in [1.54, 1.807) is 0 Å². The number of hydrogen-bond donors (Lipinski definition) is 0. The molecule has 7 aromatic carbocycles. The Morgan fingerprint density at radius 2 is 1.07 bits per heavy atom. The average molecular weight is 903 g/mol. The number of pyridine rings is 1. The molecule has 0 N–H and O–H groups in total. The van der Waals surface area contributed by atoms with Crippen LogP contribution >= 0.6 is 0 Å². The summed E-state index contributed by atoms with van der Waals surface area (Å²) < 4.78 is 13.7. The number of nitrogens with zero attached hydrogens (tertiary/aromatic N) is 4. The van der Waals surface area contributed by atoms with Crippen LogP contribution in [0.5, 0.6) is 11.5 Å². The average Bonchev–Trinajstić information content (AvgIpc) is 3.96. The topological polar surface area (TPSA) is 35.9 Å². The van der Waals surface area contributed by atoms with Gasteiger partial charge in [-0.2, -0.15) is 0 Å². The predicted molar refractivity (Wildman–Crippen MR) is 285 cm³/mol. The number of para-hydroxylation sites is 1. The van der Waals surface area contributed by atoms with Crippen LogP contribution in [0.2, 0.25) is 0 Å². The maximum atomic E-state index is 7.03. The lowest BCUT2D eigenvalue weighted by Crippen LogP contribution is -2.31. The summed E-state index contributed by atoms with van der Waals surface area (Å²) in [7, 11) is 0. The zero-order valence-corrected chi connectivity index (χ0v) is 41.7. The molecule has 0 aliphatic carbocycles. The van der Waals surface area contributed by atoms with Gasteiger partial charge >= 0.3 is 0 Å². The summed E-state index contributed by atoms with van der Waals surface area (Å²) in [4.78, 5) is 5.01. The lowest BCUT2D eigenvalue weighted by molar-refractivity contribution is -0.599. The first-order chi connectivity index (χ1) is 32.9. The van der Waals surface area contributed by atoms with Crippen LogP contribution in [0.25, 0.3) is 50.1 Å². The van der Waals surface area contributed by atoms with E-state index in [1.165, 1.54) is 27.8 Å². The Kier molecular flexibility index (Phi) is 11.3. The highest BCUT2D eigenvalue weighted by molar-refractivity contribution is 6.09. The molecule has 10 aromatic rings. The summed E-state index contributed by atoms with van der Waals surface area (Å²) in [5.41, 5.74) is 13.0. The van der Waals surface area contributed by atoms with Crippen LogP contribution in [0.1, 0.15) is 103 Å². The van der Waals surface area contributed by atoms with Crippen LogP contribution in [0.4, 0.5) is 0 Å². The Hall–Kier alpha value is -7.50. The van der Waals surface area contributed by atoms with E-state index >= 15 is 0 Å². The van der Waals surface area contributed by atoms with Gasteiger partial charge in [0.2, 0.25) is 0 Å². The lowest BCUT2D eigenvalue weighted by atomic mass is 9.75. The van der Waals surface area contributed by atoms with Gasteiger partial charge in [-0.05, 0) is 110 Å². The first kappa shape index (κ1) is 45.3. The zero-order chi connectivity index (χ0) is 48.3. The van der Waals surface area contributed by atoms with Crippen molar-refractivity contribution in [3.63, 3.8) is 0 Å². The van der Waals surface area contributed by atoms with Crippen molar-refractivity contribution in [2.75, 3.05) is 0 Å². The molecule has 5 heteroatoms. The first-order valence-electron chi connectivity index (χ1n) is 24.2. The SMILES string of the molecule is CC(C)(C)c1cc(-[n+]2[c-]n(-c3cc(Oc4ccc5c6ccccc6n(-c6cc(C(C)(C)c7ccccc7)ccn6)c5c4)cc(-c4ccccc4)c3)c(C(C)(C)C)c2)cc(C(C)(C)c2ccccc2)c1. The Morgan fingerprint density at radius 3 is 1.74 bits per heavy atom.